The first-order valence-electron chi connectivity index (χ1n) is 7.44. The van der Waals surface area contributed by atoms with Crippen LogP contribution in [0.25, 0.3) is 11.1 Å². The summed E-state index contributed by atoms with van der Waals surface area (Å²) in [5, 5.41) is 0. The minimum absolute atomic E-state index is 0.233. The van der Waals surface area contributed by atoms with Gasteiger partial charge in [0.2, 0.25) is 0 Å². The Labute approximate surface area is 136 Å². The van der Waals surface area contributed by atoms with Gasteiger partial charge in [-0.25, -0.2) is 0 Å². The van der Waals surface area contributed by atoms with Crippen LogP contribution in [0.3, 0.4) is 0 Å². The number of hydrogen-bond donors (Lipinski definition) is 0. The van der Waals surface area contributed by atoms with E-state index in [1.165, 1.54) is 6.92 Å². The lowest BCUT2D eigenvalue weighted by Crippen LogP contribution is -2.09. The van der Waals surface area contributed by atoms with Crippen molar-refractivity contribution >= 4 is 12.3 Å². The van der Waals surface area contributed by atoms with E-state index in [2.05, 4.69) is 0 Å². The first-order valence-corrected chi connectivity index (χ1v) is 7.44. The third-order valence-corrected chi connectivity index (χ3v) is 3.47. The molecule has 2 aromatic carbocycles. The molecule has 0 saturated carbocycles. The minimum Gasteiger partial charge on any atom is -0.490 e. The largest absolute Gasteiger partial charge is 0.490 e. The van der Waals surface area contributed by atoms with Crippen molar-refractivity contribution in [2.75, 3.05) is 13.2 Å². The fraction of sp³-hybridized carbons (Fsp3) is 0.263. The lowest BCUT2D eigenvalue weighted by molar-refractivity contribution is -0.141. The molecule has 0 aliphatic carbocycles. The Balaban J connectivity index is 2.19. The van der Waals surface area contributed by atoms with Crippen LogP contribution < -0.4 is 4.74 Å². The van der Waals surface area contributed by atoms with Crippen molar-refractivity contribution in [1.82, 2.24) is 0 Å². The number of benzene rings is 2. The lowest BCUT2D eigenvalue weighted by atomic mass is 9.94. The predicted octanol–water partition coefficient (Wildman–Crippen LogP) is 3.72. The second-order valence-corrected chi connectivity index (χ2v) is 5.36. The molecular weight excluding hydrogens is 292 g/mol. The average Bonchev–Trinajstić information content (AvgIpc) is 2.51. The van der Waals surface area contributed by atoms with Crippen molar-refractivity contribution < 1.29 is 19.1 Å². The van der Waals surface area contributed by atoms with Crippen LogP contribution in [0, 0.1) is 13.8 Å². The second kappa shape index (κ2) is 7.58. The molecule has 23 heavy (non-hydrogen) atoms. The molecule has 0 amide bonds. The van der Waals surface area contributed by atoms with E-state index >= 15 is 0 Å². The van der Waals surface area contributed by atoms with Crippen molar-refractivity contribution in [2.24, 2.45) is 0 Å². The molecule has 0 fully saturated rings. The smallest absolute Gasteiger partial charge is 0.302 e. The normalized spacial score (nSPS) is 10.2. The molecule has 0 unspecified atom stereocenters. The van der Waals surface area contributed by atoms with Gasteiger partial charge in [-0.3, -0.25) is 9.59 Å². The number of aldehydes is 1. The SMILES string of the molecule is CC(=O)OCCOc1cc(C)c(-c2cccc(C=O)c2)c(C)c1. The van der Waals surface area contributed by atoms with E-state index in [9.17, 15) is 9.59 Å². The summed E-state index contributed by atoms with van der Waals surface area (Å²) in [6, 6.07) is 11.4. The van der Waals surface area contributed by atoms with Gasteiger partial charge in [0.05, 0.1) is 0 Å². The molecule has 0 N–H and O–H groups in total. The van der Waals surface area contributed by atoms with Gasteiger partial charge < -0.3 is 9.47 Å². The summed E-state index contributed by atoms with van der Waals surface area (Å²) >= 11 is 0. The minimum atomic E-state index is -0.314. The van der Waals surface area contributed by atoms with Gasteiger partial charge in [-0.05, 0) is 54.3 Å². The van der Waals surface area contributed by atoms with Gasteiger partial charge in [0.15, 0.2) is 0 Å². The molecule has 0 heterocycles. The quantitative estimate of drug-likeness (QED) is 0.463. The van der Waals surface area contributed by atoms with Crippen molar-refractivity contribution in [1.29, 1.82) is 0 Å². The zero-order chi connectivity index (χ0) is 16.8. The molecule has 0 atom stereocenters. The number of carbonyl (C=O) groups excluding carboxylic acids is 2. The summed E-state index contributed by atoms with van der Waals surface area (Å²) in [5.74, 6) is 0.425. The third-order valence-electron chi connectivity index (χ3n) is 3.47. The monoisotopic (exact) mass is 312 g/mol. The number of hydrogen-bond acceptors (Lipinski definition) is 4. The Morgan fingerprint density at radius 1 is 1.09 bits per heavy atom. The number of rotatable bonds is 6. The Bertz CT molecular complexity index is 696. The molecule has 0 saturated heterocycles. The maximum Gasteiger partial charge on any atom is 0.302 e. The molecule has 2 rings (SSSR count). The van der Waals surface area contributed by atoms with Crippen molar-refractivity contribution in [2.45, 2.75) is 20.8 Å². The molecule has 4 heteroatoms. The van der Waals surface area contributed by atoms with Crippen LogP contribution in [0.2, 0.25) is 0 Å². The summed E-state index contributed by atoms with van der Waals surface area (Å²) in [5.41, 5.74) is 4.89. The van der Waals surface area contributed by atoms with Crippen LogP contribution in [0.1, 0.15) is 28.4 Å². The van der Waals surface area contributed by atoms with Crippen LogP contribution >= 0.6 is 0 Å². The van der Waals surface area contributed by atoms with E-state index in [0.717, 1.165) is 34.3 Å². The number of carbonyl (C=O) groups is 2. The highest BCUT2D eigenvalue weighted by Gasteiger charge is 2.09. The standard InChI is InChI=1S/C19H20O4/c1-13-9-18(23-8-7-22-15(3)21)10-14(2)19(13)17-6-4-5-16(11-17)12-20/h4-6,9-12H,7-8H2,1-3H3. The van der Waals surface area contributed by atoms with Gasteiger partial charge in [0.1, 0.15) is 25.2 Å². The first kappa shape index (κ1) is 16.7. The second-order valence-electron chi connectivity index (χ2n) is 5.36. The van der Waals surface area contributed by atoms with E-state index in [1.807, 2.05) is 44.2 Å². The van der Waals surface area contributed by atoms with Gasteiger partial charge >= 0.3 is 5.97 Å². The lowest BCUT2D eigenvalue weighted by Gasteiger charge is -2.14. The predicted molar refractivity (Wildman–Crippen MR) is 88.9 cm³/mol. The highest BCUT2D eigenvalue weighted by molar-refractivity contribution is 5.80. The number of ether oxygens (including phenoxy) is 2. The van der Waals surface area contributed by atoms with Crippen molar-refractivity contribution in [3.63, 3.8) is 0 Å². The van der Waals surface area contributed by atoms with E-state index < -0.39 is 0 Å². The molecule has 0 bridgehead atoms. The van der Waals surface area contributed by atoms with Crippen molar-refractivity contribution in [3.8, 4) is 16.9 Å². The first-order chi connectivity index (χ1) is 11.0. The van der Waals surface area contributed by atoms with Gasteiger partial charge in [0, 0.05) is 12.5 Å². The molecule has 0 aromatic heterocycles. The average molecular weight is 312 g/mol. The van der Waals surface area contributed by atoms with Crippen LogP contribution in [0.5, 0.6) is 5.75 Å². The van der Waals surface area contributed by atoms with Crippen LogP contribution in [-0.2, 0) is 9.53 Å². The fourth-order valence-electron chi connectivity index (χ4n) is 2.57. The Morgan fingerprint density at radius 2 is 1.78 bits per heavy atom. The number of aryl methyl sites for hydroxylation is 2. The zero-order valence-electron chi connectivity index (χ0n) is 13.6. The summed E-state index contributed by atoms with van der Waals surface area (Å²) in [6.45, 7) is 5.94. The molecule has 0 aliphatic heterocycles. The Kier molecular flexibility index (Phi) is 5.52. The summed E-state index contributed by atoms with van der Waals surface area (Å²) in [4.78, 5) is 21.7. The highest BCUT2D eigenvalue weighted by Crippen LogP contribution is 2.31. The third kappa shape index (κ3) is 4.42. The van der Waals surface area contributed by atoms with Gasteiger partial charge in [-0.1, -0.05) is 18.2 Å². The molecule has 4 nitrogen and oxygen atoms in total. The maximum atomic E-state index is 11.0. The van der Waals surface area contributed by atoms with E-state index in [-0.39, 0.29) is 12.6 Å². The van der Waals surface area contributed by atoms with Crippen LogP contribution in [0.15, 0.2) is 36.4 Å². The Hall–Kier alpha value is -2.62. The van der Waals surface area contributed by atoms with E-state index in [0.29, 0.717) is 12.2 Å². The van der Waals surface area contributed by atoms with Gasteiger partial charge in [0.25, 0.3) is 0 Å². The van der Waals surface area contributed by atoms with E-state index in [4.69, 9.17) is 9.47 Å². The Morgan fingerprint density at radius 3 is 2.39 bits per heavy atom. The number of esters is 1. The molecule has 0 radical (unpaired) electrons. The highest BCUT2D eigenvalue weighted by atomic mass is 16.6. The van der Waals surface area contributed by atoms with Gasteiger partial charge in [-0.15, -0.1) is 0 Å². The molecular formula is C19H20O4. The maximum absolute atomic E-state index is 11.0. The summed E-state index contributed by atoms with van der Waals surface area (Å²) < 4.78 is 10.5. The topological polar surface area (TPSA) is 52.6 Å². The fourth-order valence-corrected chi connectivity index (χ4v) is 2.57. The van der Waals surface area contributed by atoms with Crippen LogP contribution in [0.4, 0.5) is 0 Å². The summed E-state index contributed by atoms with van der Waals surface area (Å²) in [7, 11) is 0. The van der Waals surface area contributed by atoms with E-state index in [1.54, 1.807) is 6.07 Å². The molecule has 120 valence electrons. The van der Waals surface area contributed by atoms with Gasteiger partial charge in [-0.2, -0.15) is 0 Å². The molecule has 0 aliphatic rings. The summed E-state index contributed by atoms with van der Waals surface area (Å²) in [6.07, 6.45) is 0.848. The zero-order valence-corrected chi connectivity index (χ0v) is 13.6. The molecule has 2 aromatic rings. The van der Waals surface area contributed by atoms with Crippen molar-refractivity contribution in [3.05, 3.63) is 53.1 Å². The molecule has 0 spiro atoms. The van der Waals surface area contributed by atoms with Crippen LogP contribution in [-0.4, -0.2) is 25.5 Å².